The molecule has 0 saturated heterocycles. The summed E-state index contributed by atoms with van der Waals surface area (Å²) in [5.41, 5.74) is 3.36. The Kier molecular flexibility index (Phi) is 6.63. The highest BCUT2D eigenvalue weighted by atomic mass is 16.1. The Morgan fingerprint density at radius 1 is 1.23 bits per heavy atom. The van der Waals surface area contributed by atoms with Crippen LogP contribution in [0.15, 0.2) is 30.5 Å². The van der Waals surface area contributed by atoms with Crippen molar-refractivity contribution in [1.29, 1.82) is 0 Å². The SMILES string of the molecule is C=C(CNc1cc(CC(C)=O)ccc1NC(C)=O)N(C)CC. The highest BCUT2D eigenvalue weighted by Crippen LogP contribution is 2.24. The molecule has 1 rings (SSSR count). The number of nitrogens with zero attached hydrogens (tertiary/aromatic N) is 1. The number of carbonyl (C=O) groups excluding carboxylic acids is 2. The van der Waals surface area contributed by atoms with Crippen molar-refractivity contribution in [3.8, 4) is 0 Å². The first-order valence-electron chi connectivity index (χ1n) is 7.36. The predicted molar refractivity (Wildman–Crippen MR) is 91.1 cm³/mol. The number of Topliss-reactive ketones (excluding diaryl/α,β-unsaturated/α-hetero) is 1. The Bertz CT molecular complexity index is 567. The number of ketones is 1. The van der Waals surface area contributed by atoms with Crippen LogP contribution in [-0.2, 0) is 16.0 Å². The summed E-state index contributed by atoms with van der Waals surface area (Å²) in [6.07, 6.45) is 0.380. The maximum absolute atomic E-state index is 11.3. The van der Waals surface area contributed by atoms with Crippen molar-refractivity contribution in [2.45, 2.75) is 27.2 Å². The van der Waals surface area contributed by atoms with E-state index in [1.165, 1.54) is 6.92 Å². The highest BCUT2D eigenvalue weighted by molar-refractivity contribution is 5.93. The maximum atomic E-state index is 11.3. The molecule has 2 N–H and O–H groups in total. The summed E-state index contributed by atoms with van der Waals surface area (Å²) < 4.78 is 0. The van der Waals surface area contributed by atoms with E-state index in [-0.39, 0.29) is 11.7 Å². The number of likely N-dealkylation sites (N-methyl/N-ethyl adjacent to an activating group) is 1. The summed E-state index contributed by atoms with van der Waals surface area (Å²) in [6.45, 7) is 10.6. The van der Waals surface area contributed by atoms with E-state index in [9.17, 15) is 9.59 Å². The van der Waals surface area contributed by atoms with Gasteiger partial charge in [-0.1, -0.05) is 12.6 Å². The van der Waals surface area contributed by atoms with Crippen LogP contribution >= 0.6 is 0 Å². The van der Waals surface area contributed by atoms with Crippen molar-refractivity contribution >= 4 is 23.1 Å². The first-order chi connectivity index (χ1) is 10.3. The van der Waals surface area contributed by atoms with E-state index in [2.05, 4.69) is 24.1 Å². The molecule has 5 nitrogen and oxygen atoms in total. The normalized spacial score (nSPS) is 10.0. The monoisotopic (exact) mass is 303 g/mol. The molecule has 0 radical (unpaired) electrons. The molecule has 1 aromatic carbocycles. The van der Waals surface area contributed by atoms with Crippen molar-refractivity contribution in [2.75, 3.05) is 30.8 Å². The Labute approximate surface area is 132 Å². The predicted octanol–water partition coefficient (Wildman–Crippen LogP) is 2.65. The molecule has 0 aliphatic carbocycles. The molecule has 0 aliphatic rings. The van der Waals surface area contributed by atoms with Gasteiger partial charge in [-0.05, 0) is 31.5 Å². The second-order valence-electron chi connectivity index (χ2n) is 5.37. The minimum absolute atomic E-state index is 0.105. The minimum Gasteiger partial charge on any atom is -0.378 e. The molecule has 0 spiro atoms. The minimum atomic E-state index is -0.133. The molecular weight excluding hydrogens is 278 g/mol. The fraction of sp³-hybridized carbons (Fsp3) is 0.412. The molecule has 0 aliphatic heterocycles. The largest absolute Gasteiger partial charge is 0.378 e. The first-order valence-corrected chi connectivity index (χ1v) is 7.36. The lowest BCUT2D eigenvalue weighted by Crippen LogP contribution is -2.22. The van der Waals surface area contributed by atoms with Crippen LogP contribution in [0.3, 0.4) is 0 Å². The van der Waals surface area contributed by atoms with E-state index in [1.807, 2.05) is 30.1 Å². The summed E-state index contributed by atoms with van der Waals surface area (Å²) >= 11 is 0. The molecule has 120 valence electrons. The third kappa shape index (κ3) is 5.60. The Hall–Kier alpha value is -2.30. The Morgan fingerprint density at radius 3 is 2.45 bits per heavy atom. The smallest absolute Gasteiger partial charge is 0.221 e. The van der Waals surface area contributed by atoms with Crippen LogP contribution in [0.25, 0.3) is 0 Å². The lowest BCUT2D eigenvalue weighted by molar-refractivity contribution is -0.116. The summed E-state index contributed by atoms with van der Waals surface area (Å²) in [7, 11) is 1.98. The van der Waals surface area contributed by atoms with Gasteiger partial charge in [-0.25, -0.2) is 0 Å². The van der Waals surface area contributed by atoms with Crippen molar-refractivity contribution in [3.63, 3.8) is 0 Å². The number of benzene rings is 1. The van der Waals surface area contributed by atoms with Gasteiger partial charge in [0, 0.05) is 32.6 Å². The van der Waals surface area contributed by atoms with E-state index < -0.39 is 0 Å². The van der Waals surface area contributed by atoms with Gasteiger partial charge in [0.2, 0.25) is 5.91 Å². The topological polar surface area (TPSA) is 61.4 Å². The summed E-state index contributed by atoms with van der Waals surface area (Å²) in [6, 6.07) is 5.56. The molecule has 5 heteroatoms. The van der Waals surface area contributed by atoms with Gasteiger partial charge in [0.25, 0.3) is 0 Å². The quantitative estimate of drug-likeness (QED) is 0.775. The molecule has 0 unspecified atom stereocenters. The third-order valence-electron chi connectivity index (χ3n) is 3.34. The molecular formula is C17H25N3O2. The van der Waals surface area contributed by atoms with Crippen LogP contribution in [-0.4, -0.2) is 36.7 Å². The molecule has 0 heterocycles. The number of hydrogen-bond donors (Lipinski definition) is 2. The zero-order chi connectivity index (χ0) is 16.7. The van der Waals surface area contributed by atoms with Crippen molar-refractivity contribution < 1.29 is 9.59 Å². The molecule has 22 heavy (non-hydrogen) atoms. The van der Waals surface area contributed by atoms with E-state index >= 15 is 0 Å². The van der Waals surface area contributed by atoms with Gasteiger partial charge < -0.3 is 15.5 Å². The lowest BCUT2D eigenvalue weighted by atomic mass is 10.1. The zero-order valence-corrected chi connectivity index (χ0v) is 13.8. The standard InChI is InChI=1S/C17H25N3O2/c1-6-20(5)12(2)11-18-17-10-15(9-13(3)21)7-8-16(17)19-14(4)22/h7-8,10,18H,2,6,9,11H2,1,3-5H3,(H,19,22). The van der Waals surface area contributed by atoms with Crippen LogP contribution in [0.5, 0.6) is 0 Å². The van der Waals surface area contributed by atoms with Crippen LogP contribution in [0, 0.1) is 0 Å². The van der Waals surface area contributed by atoms with Gasteiger partial charge >= 0.3 is 0 Å². The zero-order valence-electron chi connectivity index (χ0n) is 13.8. The highest BCUT2D eigenvalue weighted by Gasteiger charge is 2.08. The van der Waals surface area contributed by atoms with E-state index in [4.69, 9.17) is 0 Å². The Balaban J connectivity index is 2.93. The van der Waals surface area contributed by atoms with Gasteiger partial charge in [-0.3, -0.25) is 9.59 Å². The van der Waals surface area contributed by atoms with Crippen molar-refractivity contribution in [3.05, 3.63) is 36.0 Å². The number of nitrogens with one attached hydrogen (secondary N) is 2. The second kappa shape index (κ2) is 8.22. The number of amides is 1. The van der Waals surface area contributed by atoms with Gasteiger partial charge in [-0.2, -0.15) is 0 Å². The summed E-state index contributed by atoms with van der Waals surface area (Å²) in [4.78, 5) is 24.6. The van der Waals surface area contributed by atoms with Gasteiger partial charge in [0.1, 0.15) is 5.78 Å². The van der Waals surface area contributed by atoms with E-state index in [1.54, 1.807) is 6.92 Å². The van der Waals surface area contributed by atoms with Crippen molar-refractivity contribution in [2.24, 2.45) is 0 Å². The number of hydrogen-bond acceptors (Lipinski definition) is 4. The fourth-order valence-electron chi connectivity index (χ4n) is 1.99. The van der Waals surface area contributed by atoms with Gasteiger partial charge in [0.15, 0.2) is 0 Å². The molecule has 0 fully saturated rings. The molecule has 0 bridgehead atoms. The number of rotatable bonds is 8. The summed E-state index contributed by atoms with van der Waals surface area (Å²) in [5, 5.41) is 6.07. The van der Waals surface area contributed by atoms with Gasteiger partial charge in [0.05, 0.1) is 17.9 Å². The Morgan fingerprint density at radius 2 is 1.91 bits per heavy atom. The summed E-state index contributed by atoms with van der Waals surface area (Å²) in [5.74, 6) is -0.0276. The molecule has 1 amide bonds. The number of carbonyl (C=O) groups is 2. The molecule has 0 atom stereocenters. The third-order valence-corrected chi connectivity index (χ3v) is 3.34. The molecule has 0 aromatic heterocycles. The second-order valence-corrected chi connectivity index (χ2v) is 5.37. The van der Waals surface area contributed by atoms with Crippen molar-refractivity contribution in [1.82, 2.24) is 4.90 Å². The maximum Gasteiger partial charge on any atom is 0.221 e. The average molecular weight is 303 g/mol. The fourth-order valence-corrected chi connectivity index (χ4v) is 1.99. The van der Waals surface area contributed by atoms with Crippen LogP contribution in [0.4, 0.5) is 11.4 Å². The van der Waals surface area contributed by atoms with Crippen LogP contribution in [0.1, 0.15) is 26.3 Å². The van der Waals surface area contributed by atoms with Crippen LogP contribution in [0.2, 0.25) is 0 Å². The molecule has 1 aromatic rings. The average Bonchev–Trinajstić information content (AvgIpc) is 2.44. The lowest BCUT2D eigenvalue weighted by Gasteiger charge is -2.21. The van der Waals surface area contributed by atoms with E-state index in [0.29, 0.717) is 18.7 Å². The first kappa shape index (κ1) is 17.8. The van der Waals surface area contributed by atoms with E-state index in [0.717, 1.165) is 23.5 Å². The molecule has 0 saturated carbocycles. The number of anilines is 2. The van der Waals surface area contributed by atoms with Gasteiger partial charge in [-0.15, -0.1) is 0 Å². The van der Waals surface area contributed by atoms with Crippen LogP contribution < -0.4 is 10.6 Å².